The molecule has 0 aliphatic carbocycles. The van der Waals surface area contributed by atoms with Gasteiger partial charge in [-0.1, -0.05) is 0 Å². The molecule has 0 saturated carbocycles. The fourth-order valence-electron chi connectivity index (χ4n) is 4.63. The minimum absolute atomic E-state index is 0.215. The predicted molar refractivity (Wildman–Crippen MR) is 136 cm³/mol. The molecule has 2 aromatic carbocycles. The summed E-state index contributed by atoms with van der Waals surface area (Å²) in [6, 6.07) is 17.7. The number of fused-ring (bicyclic) bond motifs is 1. The van der Waals surface area contributed by atoms with Crippen LogP contribution in [0.2, 0.25) is 0 Å². The van der Waals surface area contributed by atoms with E-state index in [2.05, 4.69) is 49.2 Å². The molecule has 5 rings (SSSR count). The van der Waals surface area contributed by atoms with Crippen LogP contribution in [0.15, 0.2) is 60.9 Å². The van der Waals surface area contributed by atoms with Crippen molar-refractivity contribution in [2.24, 2.45) is 5.73 Å². The van der Waals surface area contributed by atoms with Gasteiger partial charge in [0.2, 0.25) is 0 Å². The number of carbonyl (C=O) groups is 1. The Kier molecular flexibility index (Phi) is 6.42. The normalized spacial score (nSPS) is 14.2. The molecule has 2 aromatic heterocycles. The van der Waals surface area contributed by atoms with Gasteiger partial charge >= 0.3 is 0 Å². The topological polar surface area (TPSA) is 115 Å². The predicted octanol–water partition coefficient (Wildman–Crippen LogP) is 3.35. The van der Waals surface area contributed by atoms with Gasteiger partial charge < -0.3 is 15.6 Å². The van der Waals surface area contributed by atoms with Crippen LogP contribution >= 0.6 is 0 Å². The smallest absolute Gasteiger partial charge is 0.267 e. The van der Waals surface area contributed by atoms with Crippen LogP contribution in [0.3, 0.4) is 0 Å². The second kappa shape index (κ2) is 9.95. The molecule has 176 valence electrons. The summed E-state index contributed by atoms with van der Waals surface area (Å²) in [4.78, 5) is 28.1. The molecule has 1 fully saturated rings. The Morgan fingerprint density at radius 3 is 2.63 bits per heavy atom. The molecule has 0 radical (unpaired) electrons. The highest BCUT2D eigenvalue weighted by molar-refractivity contribution is 5.91. The lowest BCUT2D eigenvalue weighted by atomic mass is 10.1. The van der Waals surface area contributed by atoms with E-state index in [1.165, 1.54) is 17.3 Å². The maximum atomic E-state index is 11.4. The summed E-state index contributed by atoms with van der Waals surface area (Å²) in [5.74, 6) is -0.0607. The molecule has 8 heteroatoms. The van der Waals surface area contributed by atoms with Gasteiger partial charge in [0.1, 0.15) is 5.69 Å². The summed E-state index contributed by atoms with van der Waals surface area (Å²) in [5.41, 5.74) is 10.6. The minimum Gasteiger partial charge on any atom is -0.369 e. The summed E-state index contributed by atoms with van der Waals surface area (Å²) < 4.78 is 0. The lowest BCUT2D eigenvalue weighted by Crippen LogP contribution is -2.46. The average molecular weight is 466 g/mol. The molecular weight excluding hydrogens is 438 g/mol. The van der Waals surface area contributed by atoms with E-state index in [4.69, 9.17) is 5.73 Å². The van der Waals surface area contributed by atoms with Gasteiger partial charge in [0.05, 0.1) is 11.6 Å². The Bertz CT molecular complexity index is 1380. The first-order valence-corrected chi connectivity index (χ1v) is 11.8. The summed E-state index contributed by atoms with van der Waals surface area (Å²) >= 11 is 0. The van der Waals surface area contributed by atoms with Crippen LogP contribution in [0.5, 0.6) is 0 Å². The molecule has 0 unspecified atom stereocenters. The third kappa shape index (κ3) is 5.00. The number of aromatic amines is 1. The molecule has 0 spiro atoms. The number of hydrogen-bond acceptors (Lipinski definition) is 6. The van der Waals surface area contributed by atoms with Gasteiger partial charge in [-0.3, -0.25) is 9.69 Å². The van der Waals surface area contributed by atoms with E-state index in [0.717, 1.165) is 62.0 Å². The van der Waals surface area contributed by atoms with Crippen molar-refractivity contribution in [3.05, 3.63) is 77.7 Å². The Morgan fingerprint density at radius 1 is 1.09 bits per heavy atom. The number of nitriles is 1. The largest absolute Gasteiger partial charge is 0.369 e. The van der Waals surface area contributed by atoms with Crippen molar-refractivity contribution in [3.8, 4) is 17.5 Å². The number of H-pyrrole nitrogens is 1. The van der Waals surface area contributed by atoms with E-state index in [9.17, 15) is 10.1 Å². The SMILES string of the molecule is N#Cc1ccc2[nH]cc(CCCN3CCN(c4ccc(-c5nccc(C(N)=O)n5)cc4)CC3)c2c1. The van der Waals surface area contributed by atoms with Crippen molar-refractivity contribution in [1.29, 1.82) is 5.26 Å². The zero-order valence-corrected chi connectivity index (χ0v) is 19.4. The van der Waals surface area contributed by atoms with Crippen LogP contribution in [0.1, 0.15) is 28.0 Å². The van der Waals surface area contributed by atoms with Crippen molar-refractivity contribution in [2.75, 3.05) is 37.6 Å². The number of nitrogens with two attached hydrogens (primary N) is 1. The molecule has 3 N–H and O–H groups in total. The molecule has 1 amide bonds. The maximum Gasteiger partial charge on any atom is 0.267 e. The van der Waals surface area contributed by atoms with Gasteiger partial charge in [0.15, 0.2) is 5.82 Å². The highest BCUT2D eigenvalue weighted by Gasteiger charge is 2.17. The standard InChI is InChI=1S/C27H27N7O/c28-17-19-3-8-24-23(16-19)21(18-31-24)2-1-11-33-12-14-34(15-13-33)22-6-4-20(5-7-22)27-30-10-9-25(32-27)26(29)35/h3-10,16,18,31H,1-2,11-15H2,(H2,29,35). The van der Waals surface area contributed by atoms with Crippen LogP contribution in [0.4, 0.5) is 5.69 Å². The fourth-order valence-corrected chi connectivity index (χ4v) is 4.63. The van der Waals surface area contributed by atoms with Crippen LogP contribution < -0.4 is 10.6 Å². The third-order valence-electron chi connectivity index (χ3n) is 6.59. The van der Waals surface area contributed by atoms with Crippen molar-refractivity contribution < 1.29 is 4.79 Å². The van der Waals surface area contributed by atoms with E-state index in [0.29, 0.717) is 11.4 Å². The number of amides is 1. The van der Waals surface area contributed by atoms with E-state index in [1.807, 2.05) is 30.3 Å². The Balaban J connectivity index is 1.13. The summed E-state index contributed by atoms with van der Waals surface area (Å²) in [5, 5.41) is 10.3. The molecule has 4 aromatic rings. The number of hydrogen-bond donors (Lipinski definition) is 2. The zero-order valence-electron chi connectivity index (χ0n) is 19.4. The van der Waals surface area contributed by atoms with E-state index in [-0.39, 0.29) is 5.69 Å². The molecular formula is C27H27N7O. The number of rotatable bonds is 7. The second-order valence-electron chi connectivity index (χ2n) is 8.79. The number of anilines is 1. The number of piperazine rings is 1. The van der Waals surface area contributed by atoms with Crippen molar-refractivity contribution in [3.63, 3.8) is 0 Å². The Hall–Kier alpha value is -4.22. The van der Waals surface area contributed by atoms with Gasteiger partial charge in [0.25, 0.3) is 5.91 Å². The highest BCUT2D eigenvalue weighted by Crippen LogP contribution is 2.23. The number of aromatic nitrogens is 3. The van der Waals surface area contributed by atoms with Gasteiger partial charge in [-0.2, -0.15) is 5.26 Å². The Labute approximate surface area is 204 Å². The monoisotopic (exact) mass is 465 g/mol. The van der Waals surface area contributed by atoms with E-state index in [1.54, 1.807) is 6.20 Å². The second-order valence-corrected chi connectivity index (χ2v) is 8.79. The Morgan fingerprint density at radius 2 is 1.89 bits per heavy atom. The summed E-state index contributed by atoms with van der Waals surface area (Å²) in [6.45, 7) is 5.07. The van der Waals surface area contributed by atoms with E-state index < -0.39 is 5.91 Å². The molecule has 1 aliphatic rings. The number of aryl methyl sites for hydroxylation is 1. The summed E-state index contributed by atoms with van der Waals surface area (Å²) in [7, 11) is 0. The number of primary amides is 1. The fraction of sp³-hybridized carbons (Fsp3) is 0.259. The van der Waals surface area contributed by atoms with Gasteiger partial charge in [0, 0.05) is 60.7 Å². The minimum atomic E-state index is -0.558. The van der Waals surface area contributed by atoms with Crippen LogP contribution in [-0.4, -0.2) is 58.5 Å². The molecule has 1 aliphatic heterocycles. The first-order chi connectivity index (χ1) is 17.1. The zero-order chi connectivity index (χ0) is 24.2. The molecule has 0 bridgehead atoms. The van der Waals surface area contributed by atoms with Gasteiger partial charge in [-0.25, -0.2) is 9.97 Å². The van der Waals surface area contributed by atoms with Crippen molar-refractivity contribution in [2.45, 2.75) is 12.8 Å². The molecule has 8 nitrogen and oxygen atoms in total. The maximum absolute atomic E-state index is 11.4. The number of carbonyl (C=O) groups excluding carboxylic acids is 1. The van der Waals surface area contributed by atoms with Crippen LogP contribution in [0, 0.1) is 11.3 Å². The van der Waals surface area contributed by atoms with Crippen molar-refractivity contribution in [1.82, 2.24) is 19.9 Å². The van der Waals surface area contributed by atoms with Crippen molar-refractivity contribution >= 4 is 22.5 Å². The van der Waals surface area contributed by atoms with Gasteiger partial charge in [-0.05, 0) is 73.5 Å². The quantitative estimate of drug-likeness (QED) is 0.433. The number of nitrogens with one attached hydrogen (secondary N) is 1. The highest BCUT2D eigenvalue weighted by atomic mass is 16.1. The number of benzene rings is 2. The molecule has 0 atom stereocenters. The van der Waals surface area contributed by atoms with E-state index >= 15 is 0 Å². The summed E-state index contributed by atoms with van der Waals surface area (Å²) in [6.07, 6.45) is 5.71. The number of nitrogens with zero attached hydrogens (tertiary/aromatic N) is 5. The lowest BCUT2D eigenvalue weighted by molar-refractivity contribution is 0.0995. The molecule has 1 saturated heterocycles. The van der Waals surface area contributed by atoms with Crippen LogP contribution in [0.25, 0.3) is 22.3 Å². The lowest BCUT2D eigenvalue weighted by Gasteiger charge is -2.36. The average Bonchev–Trinajstić information content (AvgIpc) is 3.31. The molecule has 35 heavy (non-hydrogen) atoms. The first kappa shape index (κ1) is 22.6. The molecule has 3 heterocycles. The first-order valence-electron chi connectivity index (χ1n) is 11.8. The van der Waals surface area contributed by atoms with Crippen LogP contribution in [-0.2, 0) is 6.42 Å². The van der Waals surface area contributed by atoms with Gasteiger partial charge in [-0.15, -0.1) is 0 Å². The third-order valence-corrected chi connectivity index (χ3v) is 6.59.